The lowest BCUT2D eigenvalue weighted by Crippen LogP contribution is -2.21. The lowest BCUT2D eigenvalue weighted by Gasteiger charge is -2.01. The Morgan fingerprint density at radius 1 is 1.40 bits per heavy atom. The summed E-state index contributed by atoms with van der Waals surface area (Å²) in [6.45, 7) is -0.897. The third-order valence-corrected chi connectivity index (χ3v) is 1.19. The largest absolute Gasteiger partial charge is 0.480 e. The van der Waals surface area contributed by atoms with Crippen molar-refractivity contribution in [2.75, 3.05) is 18.5 Å². The highest BCUT2D eigenvalue weighted by atomic mass is 16.5. The molecule has 0 spiro atoms. The first kappa shape index (κ1) is 11.0. The number of nitrogens with zero attached hydrogens (tertiary/aromatic N) is 3. The number of carboxylic acids is 1. The predicted octanol–water partition coefficient (Wildman–Crippen LogP) is -1.09. The van der Waals surface area contributed by atoms with E-state index in [0.717, 1.165) is 0 Å². The Hall–Kier alpha value is -2.09. The van der Waals surface area contributed by atoms with E-state index in [2.05, 4.69) is 25.2 Å². The smallest absolute Gasteiger partial charge is 0.329 e. The van der Waals surface area contributed by atoms with E-state index in [1.165, 1.54) is 12.4 Å². The van der Waals surface area contributed by atoms with Crippen molar-refractivity contribution in [1.29, 1.82) is 0 Å². The van der Waals surface area contributed by atoms with E-state index >= 15 is 0 Å². The van der Waals surface area contributed by atoms with Crippen LogP contribution in [0.25, 0.3) is 0 Å². The Morgan fingerprint density at radius 3 is 2.80 bits per heavy atom. The van der Waals surface area contributed by atoms with Crippen LogP contribution in [0.2, 0.25) is 0 Å². The fraction of sp³-hybridized carbons (Fsp3) is 0.286. The molecule has 0 aromatic carbocycles. The number of aromatic nitrogens is 3. The summed E-state index contributed by atoms with van der Waals surface area (Å²) in [6.07, 6.45) is 2.72. The first-order valence-electron chi connectivity index (χ1n) is 3.91. The maximum Gasteiger partial charge on any atom is 0.329 e. The monoisotopic (exact) mass is 212 g/mol. The Kier molecular flexibility index (Phi) is 4.10. The highest BCUT2D eigenvalue weighted by Gasteiger charge is 2.05. The summed E-state index contributed by atoms with van der Waals surface area (Å²) in [5, 5.41) is 17.5. The number of carboxylic acid groups (broad SMARTS) is 1. The molecule has 0 fully saturated rings. The van der Waals surface area contributed by atoms with Crippen LogP contribution in [0.4, 0.5) is 5.95 Å². The second kappa shape index (κ2) is 5.60. The average Bonchev–Trinajstić information content (AvgIpc) is 2.18. The fourth-order valence-electron chi connectivity index (χ4n) is 0.697. The van der Waals surface area contributed by atoms with Crippen molar-refractivity contribution in [2.45, 2.75) is 0 Å². The van der Waals surface area contributed by atoms with Crippen LogP contribution in [-0.2, 0) is 14.3 Å². The van der Waals surface area contributed by atoms with Gasteiger partial charge in [0.05, 0.1) is 12.4 Å². The van der Waals surface area contributed by atoms with Gasteiger partial charge in [-0.25, -0.2) is 9.78 Å². The molecule has 0 aliphatic rings. The van der Waals surface area contributed by atoms with Crippen LogP contribution < -0.4 is 5.32 Å². The molecule has 0 aliphatic carbocycles. The zero-order valence-corrected chi connectivity index (χ0v) is 7.58. The van der Waals surface area contributed by atoms with Gasteiger partial charge in [0.15, 0.2) is 0 Å². The summed E-state index contributed by atoms with van der Waals surface area (Å²) >= 11 is 0. The minimum atomic E-state index is -1.14. The van der Waals surface area contributed by atoms with Crippen molar-refractivity contribution < 1.29 is 19.4 Å². The summed E-state index contributed by atoms with van der Waals surface area (Å²) < 4.78 is 4.54. The Morgan fingerprint density at radius 2 is 2.20 bits per heavy atom. The number of nitrogens with one attached hydrogen (secondary N) is 1. The van der Waals surface area contributed by atoms with E-state index in [9.17, 15) is 9.59 Å². The van der Waals surface area contributed by atoms with Gasteiger partial charge in [-0.1, -0.05) is 0 Å². The van der Waals surface area contributed by atoms with E-state index < -0.39 is 18.5 Å². The van der Waals surface area contributed by atoms with Crippen molar-refractivity contribution in [2.24, 2.45) is 0 Å². The predicted molar refractivity (Wildman–Crippen MR) is 46.9 cm³/mol. The number of anilines is 1. The molecular weight excluding hydrogens is 204 g/mol. The van der Waals surface area contributed by atoms with E-state index in [0.29, 0.717) is 0 Å². The number of hydrogen-bond acceptors (Lipinski definition) is 6. The first-order valence-corrected chi connectivity index (χ1v) is 3.91. The summed E-state index contributed by atoms with van der Waals surface area (Å²) in [5.41, 5.74) is 0. The van der Waals surface area contributed by atoms with Gasteiger partial charge in [-0.05, 0) is 0 Å². The topological polar surface area (TPSA) is 114 Å². The van der Waals surface area contributed by atoms with Crippen LogP contribution >= 0.6 is 0 Å². The molecule has 8 heteroatoms. The number of hydrogen-bond donors (Lipinski definition) is 2. The number of aliphatic carboxylic acids is 1. The number of carbonyl (C=O) groups excluding carboxylic acids is 1. The van der Waals surface area contributed by atoms with E-state index in [1.807, 2.05) is 0 Å². The summed E-state index contributed by atoms with van der Waals surface area (Å²) in [5.74, 6) is -1.63. The van der Waals surface area contributed by atoms with Gasteiger partial charge in [0.25, 0.3) is 5.91 Å². The van der Waals surface area contributed by atoms with Gasteiger partial charge in [-0.2, -0.15) is 5.10 Å². The van der Waals surface area contributed by atoms with Crippen molar-refractivity contribution in [3.8, 4) is 0 Å². The Balaban J connectivity index is 2.28. The van der Waals surface area contributed by atoms with E-state index in [4.69, 9.17) is 5.11 Å². The first-order chi connectivity index (χ1) is 7.18. The van der Waals surface area contributed by atoms with Gasteiger partial charge in [-0.15, -0.1) is 5.10 Å². The van der Waals surface area contributed by atoms with Crippen molar-refractivity contribution in [3.05, 3.63) is 12.4 Å². The maximum atomic E-state index is 11.1. The third-order valence-electron chi connectivity index (χ3n) is 1.19. The van der Waals surface area contributed by atoms with Gasteiger partial charge in [-0.3, -0.25) is 10.1 Å². The van der Waals surface area contributed by atoms with E-state index in [-0.39, 0.29) is 12.6 Å². The minimum absolute atomic E-state index is 0.0430. The second-order valence-electron chi connectivity index (χ2n) is 2.40. The van der Waals surface area contributed by atoms with Gasteiger partial charge >= 0.3 is 5.97 Å². The molecule has 1 aromatic heterocycles. The van der Waals surface area contributed by atoms with Gasteiger partial charge in [0.2, 0.25) is 5.95 Å². The van der Waals surface area contributed by atoms with Crippen LogP contribution in [0.1, 0.15) is 0 Å². The van der Waals surface area contributed by atoms with E-state index in [1.54, 1.807) is 0 Å². The lowest BCUT2D eigenvalue weighted by molar-refractivity contribution is -0.143. The highest BCUT2D eigenvalue weighted by molar-refractivity contribution is 5.89. The minimum Gasteiger partial charge on any atom is -0.480 e. The molecule has 1 heterocycles. The molecule has 80 valence electrons. The molecule has 0 saturated heterocycles. The standard InChI is InChI=1S/C7H8N4O4/c12-5(3-15-4-6(13)14)10-7-8-1-2-9-11-7/h1-2H,3-4H2,(H,13,14)(H,8,10,11,12). The van der Waals surface area contributed by atoms with Crippen molar-refractivity contribution in [3.63, 3.8) is 0 Å². The van der Waals surface area contributed by atoms with Crippen LogP contribution in [0.3, 0.4) is 0 Å². The lowest BCUT2D eigenvalue weighted by atomic mass is 10.6. The average molecular weight is 212 g/mol. The second-order valence-corrected chi connectivity index (χ2v) is 2.40. The molecule has 8 nitrogen and oxygen atoms in total. The molecule has 0 unspecified atom stereocenters. The normalized spacial score (nSPS) is 9.60. The molecule has 0 aliphatic heterocycles. The molecule has 1 aromatic rings. The molecule has 1 rings (SSSR count). The summed E-state index contributed by atoms with van der Waals surface area (Å²) in [4.78, 5) is 24.8. The molecule has 0 saturated carbocycles. The number of ether oxygens (including phenoxy) is 1. The quantitative estimate of drug-likeness (QED) is 0.637. The molecule has 2 N–H and O–H groups in total. The van der Waals surface area contributed by atoms with Gasteiger partial charge < -0.3 is 9.84 Å². The molecular formula is C7H8N4O4. The Labute approximate surface area is 84.3 Å². The number of carbonyl (C=O) groups is 2. The van der Waals surface area contributed by atoms with Gasteiger partial charge in [0, 0.05) is 0 Å². The van der Waals surface area contributed by atoms with Crippen molar-refractivity contribution >= 4 is 17.8 Å². The molecule has 0 bridgehead atoms. The molecule has 15 heavy (non-hydrogen) atoms. The summed E-state index contributed by atoms with van der Waals surface area (Å²) in [7, 11) is 0. The van der Waals surface area contributed by atoms with Crippen LogP contribution in [0.15, 0.2) is 12.4 Å². The molecule has 1 amide bonds. The molecule has 0 radical (unpaired) electrons. The maximum absolute atomic E-state index is 11.1. The number of rotatable bonds is 5. The van der Waals surface area contributed by atoms with Crippen LogP contribution in [0.5, 0.6) is 0 Å². The van der Waals surface area contributed by atoms with Crippen molar-refractivity contribution in [1.82, 2.24) is 15.2 Å². The molecule has 0 atom stereocenters. The van der Waals surface area contributed by atoms with Gasteiger partial charge in [0.1, 0.15) is 13.2 Å². The highest BCUT2D eigenvalue weighted by Crippen LogP contribution is 1.91. The van der Waals surface area contributed by atoms with Crippen LogP contribution in [-0.4, -0.2) is 45.4 Å². The zero-order chi connectivity index (χ0) is 11.1. The van der Waals surface area contributed by atoms with Crippen LogP contribution in [0, 0.1) is 0 Å². The summed E-state index contributed by atoms with van der Waals surface area (Å²) in [6, 6.07) is 0. The fourth-order valence-corrected chi connectivity index (χ4v) is 0.697. The SMILES string of the molecule is O=C(O)COCC(=O)Nc1nccnn1. The third kappa shape index (κ3) is 4.62. The zero-order valence-electron chi connectivity index (χ0n) is 7.58. The Bertz CT molecular complexity index is 342. The number of amides is 1.